The number of nitrogens with zero attached hydrogens (tertiary/aromatic N) is 3. The molecule has 0 radical (unpaired) electrons. The molecule has 0 bridgehead atoms. The van der Waals surface area contributed by atoms with Gasteiger partial charge in [0.2, 0.25) is 0 Å². The van der Waals surface area contributed by atoms with Crippen molar-refractivity contribution >= 4 is 22.4 Å². The predicted octanol–water partition coefficient (Wildman–Crippen LogP) is 4.05. The fourth-order valence-electron chi connectivity index (χ4n) is 4.01. The summed E-state index contributed by atoms with van der Waals surface area (Å²) in [6.07, 6.45) is 14.0. The number of fused-ring (bicyclic) bond motifs is 1. The van der Waals surface area contributed by atoms with Crippen molar-refractivity contribution in [2.24, 2.45) is 17.8 Å². The number of hydrogen-bond acceptors (Lipinski definition) is 5. The molecule has 4 rings (SSSR count). The maximum atomic E-state index is 4.93. The molecule has 2 atom stereocenters. The summed E-state index contributed by atoms with van der Waals surface area (Å²) < 4.78 is 0. The van der Waals surface area contributed by atoms with E-state index in [1.807, 2.05) is 0 Å². The average molecular weight is 364 g/mol. The lowest BCUT2D eigenvalue weighted by Gasteiger charge is -2.23. The Kier molecular flexibility index (Phi) is 5.48. The minimum absolute atomic E-state index is 0.504. The van der Waals surface area contributed by atoms with Crippen molar-refractivity contribution in [1.82, 2.24) is 20.3 Å². The van der Waals surface area contributed by atoms with Crippen molar-refractivity contribution in [1.29, 1.82) is 0 Å². The standard InChI is InChI=1S/C22H29N5/c1-15(2)10-16-5-6-18(11-16)19-12-20-21(25-9-8-24-20)22(27-19)26-14-17-4-3-7-23-13-17/h5-6,8-9,11-12,15-17,23H,3-4,7,10,13-14H2,1-2H3,(H,26,27). The molecule has 2 N–H and O–H groups in total. The van der Waals surface area contributed by atoms with Crippen LogP contribution < -0.4 is 10.6 Å². The van der Waals surface area contributed by atoms with Gasteiger partial charge in [-0.15, -0.1) is 0 Å². The number of piperidine rings is 1. The largest absolute Gasteiger partial charge is 0.368 e. The summed E-state index contributed by atoms with van der Waals surface area (Å²) in [4.78, 5) is 14.0. The minimum Gasteiger partial charge on any atom is -0.368 e. The zero-order chi connectivity index (χ0) is 18.6. The molecule has 0 spiro atoms. The van der Waals surface area contributed by atoms with Crippen molar-refractivity contribution in [3.63, 3.8) is 0 Å². The topological polar surface area (TPSA) is 62.7 Å². The van der Waals surface area contributed by atoms with E-state index in [4.69, 9.17) is 4.98 Å². The number of rotatable bonds is 6. The van der Waals surface area contributed by atoms with Crippen molar-refractivity contribution in [2.75, 3.05) is 25.0 Å². The van der Waals surface area contributed by atoms with E-state index >= 15 is 0 Å². The Balaban J connectivity index is 1.59. The Morgan fingerprint density at radius 3 is 2.96 bits per heavy atom. The molecule has 2 unspecified atom stereocenters. The first kappa shape index (κ1) is 18.1. The second-order valence-electron chi connectivity index (χ2n) is 8.15. The van der Waals surface area contributed by atoms with Gasteiger partial charge in [0.25, 0.3) is 0 Å². The molecule has 1 aliphatic carbocycles. The molecule has 2 aliphatic rings. The van der Waals surface area contributed by atoms with E-state index in [9.17, 15) is 0 Å². The lowest BCUT2D eigenvalue weighted by Crippen LogP contribution is -2.33. The number of nitrogens with one attached hydrogen (secondary N) is 2. The van der Waals surface area contributed by atoms with Crippen LogP contribution in [0.25, 0.3) is 16.6 Å². The van der Waals surface area contributed by atoms with E-state index in [2.05, 4.69) is 58.7 Å². The molecular formula is C22H29N5. The van der Waals surface area contributed by atoms with Gasteiger partial charge in [-0.1, -0.05) is 32.1 Å². The van der Waals surface area contributed by atoms with Gasteiger partial charge in [-0.2, -0.15) is 0 Å². The van der Waals surface area contributed by atoms with E-state index in [1.165, 1.54) is 24.8 Å². The summed E-state index contributed by atoms with van der Waals surface area (Å²) in [7, 11) is 0. The summed E-state index contributed by atoms with van der Waals surface area (Å²) in [5.41, 5.74) is 3.92. The van der Waals surface area contributed by atoms with Crippen molar-refractivity contribution in [3.8, 4) is 0 Å². The Morgan fingerprint density at radius 2 is 2.15 bits per heavy atom. The smallest absolute Gasteiger partial charge is 0.154 e. The van der Waals surface area contributed by atoms with Gasteiger partial charge in [0.1, 0.15) is 5.52 Å². The molecule has 2 aromatic heterocycles. The summed E-state index contributed by atoms with van der Waals surface area (Å²) >= 11 is 0. The second kappa shape index (κ2) is 8.17. The van der Waals surface area contributed by atoms with Gasteiger partial charge in [0.05, 0.1) is 11.2 Å². The molecule has 0 saturated carbocycles. The van der Waals surface area contributed by atoms with E-state index < -0.39 is 0 Å². The average Bonchev–Trinajstić information content (AvgIpc) is 3.14. The monoisotopic (exact) mass is 363 g/mol. The molecule has 5 nitrogen and oxygen atoms in total. The van der Waals surface area contributed by atoms with Gasteiger partial charge in [0.15, 0.2) is 5.82 Å². The van der Waals surface area contributed by atoms with E-state index in [0.29, 0.717) is 17.8 Å². The fraction of sp³-hybridized carbons (Fsp3) is 0.500. The summed E-state index contributed by atoms with van der Waals surface area (Å²) in [5, 5.41) is 7.04. The minimum atomic E-state index is 0.504. The van der Waals surface area contributed by atoms with Crippen LogP contribution in [0.2, 0.25) is 0 Å². The third-order valence-electron chi connectivity index (χ3n) is 5.37. The molecule has 27 heavy (non-hydrogen) atoms. The van der Waals surface area contributed by atoms with Gasteiger partial charge in [0, 0.05) is 18.9 Å². The highest BCUT2D eigenvalue weighted by molar-refractivity contribution is 5.89. The van der Waals surface area contributed by atoms with Crippen LogP contribution in [0, 0.1) is 17.8 Å². The van der Waals surface area contributed by atoms with Crippen molar-refractivity contribution in [3.05, 3.63) is 42.4 Å². The Labute approximate surface area is 161 Å². The Hall–Kier alpha value is -2.27. The maximum absolute atomic E-state index is 4.93. The van der Waals surface area contributed by atoms with E-state index in [0.717, 1.165) is 42.2 Å². The molecule has 142 valence electrons. The lowest BCUT2D eigenvalue weighted by molar-refractivity contribution is 0.392. The van der Waals surface area contributed by atoms with Gasteiger partial charge in [-0.25, -0.2) is 9.97 Å². The molecule has 0 amide bonds. The highest BCUT2D eigenvalue weighted by atomic mass is 15.0. The third-order valence-corrected chi connectivity index (χ3v) is 5.37. The number of hydrogen-bond donors (Lipinski definition) is 2. The molecule has 1 fully saturated rings. The molecule has 0 aromatic carbocycles. The van der Waals surface area contributed by atoms with Crippen molar-refractivity contribution in [2.45, 2.75) is 33.1 Å². The van der Waals surface area contributed by atoms with Crippen LogP contribution in [0.4, 0.5) is 5.82 Å². The van der Waals surface area contributed by atoms with E-state index in [-0.39, 0.29) is 0 Å². The van der Waals surface area contributed by atoms with Crippen LogP contribution in [0.1, 0.15) is 38.8 Å². The SMILES string of the molecule is CC(C)CC1C=CC(c2cc3nccnc3c(NCC3CCCNC3)n2)=C1. The fourth-order valence-corrected chi connectivity index (χ4v) is 4.01. The van der Waals surface area contributed by atoms with Gasteiger partial charge in [-0.05, 0) is 61.7 Å². The predicted molar refractivity (Wildman–Crippen MR) is 111 cm³/mol. The Morgan fingerprint density at radius 1 is 1.26 bits per heavy atom. The van der Waals surface area contributed by atoms with Gasteiger partial charge >= 0.3 is 0 Å². The second-order valence-corrected chi connectivity index (χ2v) is 8.15. The first-order valence-electron chi connectivity index (χ1n) is 10.2. The molecular weight excluding hydrogens is 334 g/mol. The third kappa shape index (κ3) is 4.35. The summed E-state index contributed by atoms with van der Waals surface area (Å²) in [6.45, 7) is 7.66. The first-order valence-corrected chi connectivity index (χ1v) is 10.2. The zero-order valence-corrected chi connectivity index (χ0v) is 16.3. The van der Waals surface area contributed by atoms with Crippen LogP contribution in [-0.2, 0) is 0 Å². The van der Waals surface area contributed by atoms with Gasteiger partial charge in [-0.3, -0.25) is 4.98 Å². The highest BCUT2D eigenvalue weighted by Gasteiger charge is 2.17. The number of anilines is 1. The molecule has 2 aromatic rings. The molecule has 3 heterocycles. The molecule has 1 saturated heterocycles. The normalized spacial score (nSPS) is 22.4. The maximum Gasteiger partial charge on any atom is 0.154 e. The summed E-state index contributed by atoms with van der Waals surface area (Å²) in [5.74, 6) is 2.68. The zero-order valence-electron chi connectivity index (χ0n) is 16.3. The van der Waals surface area contributed by atoms with Crippen LogP contribution >= 0.6 is 0 Å². The van der Waals surface area contributed by atoms with E-state index in [1.54, 1.807) is 12.4 Å². The highest BCUT2D eigenvalue weighted by Crippen LogP contribution is 2.30. The van der Waals surface area contributed by atoms with Crippen LogP contribution in [0.3, 0.4) is 0 Å². The van der Waals surface area contributed by atoms with Crippen LogP contribution in [-0.4, -0.2) is 34.6 Å². The van der Waals surface area contributed by atoms with Gasteiger partial charge < -0.3 is 10.6 Å². The van der Waals surface area contributed by atoms with Crippen LogP contribution in [0.15, 0.2) is 36.7 Å². The van der Waals surface area contributed by atoms with Crippen LogP contribution in [0.5, 0.6) is 0 Å². The molecule has 5 heteroatoms. The number of pyridine rings is 1. The molecule has 1 aliphatic heterocycles. The quantitative estimate of drug-likeness (QED) is 0.811. The Bertz CT molecular complexity index is 849. The number of allylic oxidation sites excluding steroid dienone is 4. The summed E-state index contributed by atoms with van der Waals surface area (Å²) in [6, 6.07) is 2.06. The van der Waals surface area contributed by atoms with Crippen molar-refractivity contribution < 1.29 is 0 Å². The number of aromatic nitrogens is 3. The first-order chi connectivity index (χ1) is 13.2. The lowest BCUT2D eigenvalue weighted by atomic mass is 9.98.